The third-order valence-electron chi connectivity index (χ3n) is 3.52. The number of nitrogens with one attached hydrogen (secondary N) is 1. The number of benzene rings is 1. The summed E-state index contributed by atoms with van der Waals surface area (Å²) in [5.74, 6) is 1.51. The van der Waals surface area contributed by atoms with Gasteiger partial charge in [-0.1, -0.05) is 12.1 Å². The van der Waals surface area contributed by atoms with E-state index in [1.54, 1.807) is 11.3 Å². The predicted molar refractivity (Wildman–Crippen MR) is 84.5 cm³/mol. The summed E-state index contributed by atoms with van der Waals surface area (Å²) in [5.41, 5.74) is 2.83. The zero-order valence-electron chi connectivity index (χ0n) is 12.4. The van der Waals surface area contributed by atoms with Gasteiger partial charge in [0.2, 0.25) is 5.91 Å². The SMILES string of the molecule is Cc1ncsc1CCC(=O)NC[C@H]1COc2ccccc2O1. The average Bonchev–Trinajstić information content (AvgIpc) is 2.96. The van der Waals surface area contributed by atoms with E-state index in [0.29, 0.717) is 19.6 Å². The number of hydrogen-bond acceptors (Lipinski definition) is 5. The molecule has 22 heavy (non-hydrogen) atoms. The molecular formula is C16H18N2O3S. The van der Waals surface area contributed by atoms with Gasteiger partial charge in [-0.2, -0.15) is 0 Å². The number of nitrogens with zero attached hydrogens (tertiary/aromatic N) is 1. The molecule has 0 saturated heterocycles. The fourth-order valence-corrected chi connectivity index (χ4v) is 3.05. The highest BCUT2D eigenvalue weighted by Crippen LogP contribution is 2.30. The van der Waals surface area contributed by atoms with Gasteiger partial charge in [0.05, 0.1) is 17.7 Å². The average molecular weight is 318 g/mol. The number of hydrogen-bond donors (Lipinski definition) is 1. The van der Waals surface area contributed by atoms with Gasteiger partial charge in [0.25, 0.3) is 0 Å². The molecule has 0 saturated carbocycles. The summed E-state index contributed by atoms with van der Waals surface area (Å²) in [5, 5.41) is 2.91. The first-order chi connectivity index (χ1) is 10.7. The van der Waals surface area contributed by atoms with Gasteiger partial charge in [0.1, 0.15) is 12.7 Å². The maximum atomic E-state index is 11.9. The largest absolute Gasteiger partial charge is 0.486 e. The van der Waals surface area contributed by atoms with E-state index in [4.69, 9.17) is 9.47 Å². The Balaban J connectivity index is 1.43. The normalized spacial score (nSPS) is 16.3. The van der Waals surface area contributed by atoms with Crippen LogP contribution in [0, 0.1) is 6.92 Å². The summed E-state index contributed by atoms with van der Waals surface area (Å²) in [6.07, 6.45) is 1.05. The van der Waals surface area contributed by atoms with Crippen molar-refractivity contribution in [3.63, 3.8) is 0 Å². The first kappa shape index (κ1) is 14.8. The standard InChI is InChI=1S/C16H18N2O3S/c1-11-15(22-10-18-11)6-7-16(19)17-8-12-9-20-13-4-2-3-5-14(13)21-12/h2-5,10,12H,6-9H2,1H3,(H,17,19)/t12-/m0/s1. The molecule has 1 aliphatic heterocycles. The molecule has 1 aromatic carbocycles. The quantitative estimate of drug-likeness (QED) is 0.919. The molecule has 116 valence electrons. The van der Waals surface area contributed by atoms with Crippen LogP contribution in [0.25, 0.3) is 0 Å². The van der Waals surface area contributed by atoms with Crippen LogP contribution in [0.15, 0.2) is 29.8 Å². The van der Waals surface area contributed by atoms with Crippen molar-refractivity contribution in [2.75, 3.05) is 13.2 Å². The van der Waals surface area contributed by atoms with Crippen molar-refractivity contribution in [1.82, 2.24) is 10.3 Å². The van der Waals surface area contributed by atoms with E-state index in [1.165, 1.54) is 4.88 Å². The fourth-order valence-electron chi connectivity index (χ4n) is 2.27. The second-order valence-electron chi connectivity index (χ2n) is 5.16. The Hall–Kier alpha value is -2.08. The van der Waals surface area contributed by atoms with Gasteiger partial charge in [-0.3, -0.25) is 4.79 Å². The fraction of sp³-hybridized carbons (Fsp3) is 0.375. The summed E-state index contributed by atoms with van der Waals surface area (Å²) in [6.45, 7) is 2.87. The van der Waals surface area contributed by atoms with Crippen molar-refractivity contribution in [1.29, 1.82) is 0 Å². The van der Waals surface area contributed by atoms with Crippen LogP contribution >= 0.6 is 11.3 Å². The highest BCUT2D eigenvalue weighted by molar-refractivity contribution is 7.09. The van der Waals surface area contributed by atoms with E-state index in [0.717, 1.165) is 23.6 Å². The molecule has 0 aliphatic carbocycles. The molecule has 1 aliphatic rings. The molecule has 0 radical (unpaired) electrons. The number of ether oxygens (including phenoxy) is 2. The Labute approximate surface area is 133 Å². The minimum atomic E-state index is -0.149. The summed E-state index contributed by atoms with van der Waals surface area (Å²) in [7, 11) is 0. The smallest absolute Gasteiger partial charge is 0.220 e. The van der Waals surface area contributed by atoms with Gasteiger partial charge in [-0.25, -0.2) is 4.98 Å². The first-order valence-corrected chi connectivity index (χ1v) is 8.14. The van der Waals surface area contributed by atoms with E-state index in [9.17, 15) is 4.79 Å². The summed E-state index contributed by atoms with van der Waals surface area (Å²) < 4.78 is 11.4. The van der Waals surface area contributed by atoms with Crippen molar-refractivity contribution < 1.29 is 14.3 Å². The maximum Gasteiger partial charge on any atom is 0.220 e. The lowest BCUT2D eigenvalue weighted by atomic mass is 10.2. The van der Waals surface area contributed by atoms with Crippen molar-refractivity contribution in [3.8, 4) is 11.5 Å². The van der Waals surface area contributed by atoms with E-state index in [1.807, 2.05) is 36.7 Å². The second-order valence-corrected chi connectivity index (χ2v) is 6.10. The molecule has 1 N–H and O–H groups in total. The van der Waals surface area contributed by atoms with Gasteiger partial charge in [-0.05, 0) is 25.5 Å². The molecule has 3 rings (SSSR count). The lowest BCUT2D eigenvalue weighted by Gasteiger charge is -2.26. The number of carbonyl (C=O) groups is 1. The number of rotatable bonds is 5. The minimum absolute atomic E-state index is 0.0234. The number of carbonyl (C=O) groups excluding carboxylic acids is 1. The van der Waals surface area contributed by atoms with Crippen LogP contribution in [0.1, 0.15) is 17.0 Å². The second kappa shape index (κ2) is 6.79. The Bertz CT molecular complexity index is 656. The van der Waals surface area contributed by atoms with E-state index < -0.39 is 0 Å². The highest BCUT2D eigenvalue weighted by Gasteiger charge is 2.20. The number of fused-ring (bicyclic) bond motifs is 1. The zero-order valence-corrected chi connectivity index (χ0v) is 13.2. The maximum absolute atomic E-state index is 11.9. The number of aromatic nitrogens is 1. The zero-order chi connectivity index (χ0) is 15.4. The van der Waals surface area contributed by atoms with Crippen molar-refractivity contribution >= 4 is 17.2 Å². The number of aryl methyl sites for hydroxylation is 2. The van der Waals surface area contributed by atoms with Gasteiger partial charge in [0.15, 0.2) is 11.5 Å². The molecule has 0 bridgehead atoms. The molecule has 2 aromatic rings. The van der Waals surface area contributed by atoms with Crippen LogP contribution in [0.4, 0.5) is 0 Å². The van der Waals surface area contributed by atoms with Crippen LogP contribution < -0.4 is 14.8 Å². The summed E-state index contributed by atoms with van der Waals surface area (Å²) >= 11 is 1.59. The Kier molecular flexibility index (Phi) is 4.58. The molecule has 0 spiro atoms. The van der Waals surface area contributed by atoms with Gasteiger partial charge in [-0.15, -0.1) is 11.3 Å². The summed E-state index contributed by atoms with van der Waals surface area (Å²) in [6, 6.07) is 7.56. The third kappa shape index (κ3) is 3.57. The van der Waals surface area contributed by atoms with Crippen molar-refractivity contribution in [2.24, 2.45) is 0 Å². The minimum Gasteiger partial charge on any atom is -0.486 e. The van der Waals surface area contributed by atoms with Gasteiger partial charge in [0, 0.05) is 11.3 Å². The number of thiazole rings is 1. The molecule has 2 heterocycles. The van der Waals surface area contributed by atoms with E-state index >= 15 is 0 Å². The molecule has 1 atom stereocenters. The van der Waals surface area contributed by atoms with Crippen LogP contribution in [0.2, 0.25) is 0 Å². The monoisotopic (exact) mass is 318 g/mol. The number of para-hydroxylation sites is 2. The van der Waals surface area contributed by atoms with Crippen LogP contribution in [-0.4, -0.2) is 30.1 Å². The molecule has 1 amide bonds. The number of amides is 1. The van der Waals surface area contributed by atoms with Crippen LogP contribution in [-0.2, 0) is 11.2 Å². The van der Waals surface area contributed by atoms with Crippen molar-refractivity contribution in [2.45, 2.75) is 25.9 Å². The molecule has 5 nitrogen and oxygen atoms in total. The highest BCUT2D eigenvalue weighted by atomic mass is 32.1. The molecule has 0 unspecified atom stereocenters. The van der Waals surface area contributed by atoms with Crippen LogP contribution in [0.5, 0.6) is 11.5 Å². The van der Waals surface area contributed by atoms with Crippen molar-refractivity contribution in [3.05, 3.63) is 40.3 Å². The third-order valence-corrected chi connectivity index (χ3v) is 4.51. The van der Waals surface area contributed by atoms with Gasteiger partial charge < -0.3 is 14.8 Å². The van der Waals surface area contributed by atoms with Crippen LogP contribution in [0.3, 0.4) is 0 Å². The predicted octanol–water partition coefficient (Wildman–Crippen LogP) is 2.34. The van der Waals surface area contributed by atoms with E-state index in [2.05, 4.69) is 10.3 Å². The summed E-state index contributed by atoms with van der Waals surface area (Å²) in [4.78, 5) is 17.3. The molecular weight excluding hydrogens is 300 g/mol. The molecule has 0 fully saturated rings. The lowest BCUT2D eigenvalue weighted by Crippen LogP contribution is -2.40. The Morgan fingerprint density at radius 2 is 2.23 bits per heavy atom. The van der Waals surface area contributed by atoms with E-state index in [-0.39, 0.29) is 12.0 Å². The molecule has 6 heteroatoms. The van der Waals surface area contributed by atoms with Gasteiger partial charge >= 0.3 is 0 Å². The topological polar surface area (TPSA) is 60.5 Å². The molecule has 1 aromatic heterocycles. The lowest BCUT2D eigenvalue weighted by molar-refractivity contribution is -0.121. The Morgan fingerprint density at radius 3 is 3.00 bits per heavy atom. The first-order valence-electron chi connectivity index (χ1n) is 7.26. The Morgan fingerprint density at radius 1 is 1.41 bits per heavy atom.